The Balaban J connectivity index is 2.13. The Kier molecular flexibility index (Phi) is 5.46. The van der Waals surface area contributed by atoms with Crippen molar-refractivity contribution in [2.24, 2.45) is 5.92 Å². The van der Waals surface area contributed by atoms with Gasteiger partial charge >= 0.3 is 0 Å². The predicted molar refractivity (Wildman–Crippen MR) is 83.2 cm³/mol. The van der Waals surface area contributed by atoms with Crippen molar-refractivity contribution >= 4 is 23.4 Å². The highest BCUT2D eigenvalue weighted by atomic mass is 35.5. The Labute approximate surface area is 128 Å². The van der Waals surface area contributed by atoms with Crippen LogP contribution in [0.3, 0.4) is 0 Å². The Morgan fingerprint density at radius 3 is 2.85 bits per heavy atom. The maximum atomic E-state index is 6.31. The maximum Gasteiger partial charge on any atom is 0.213 e. The van der Waals surface area contributed by atoms with Crippen molar-refractivity contribution in [3.63, 3.8) is 0 Å². The normalized spacial score (nSPS) is 11.2. The van der Waals surface area contributed by atoms with Crippen LogP contribution in [0.2, 0.25) is 5.02 Å². The minimum Gasteiger partial charge on any atom is -0.312 e. The van der Waals surface area contributed by atoms with E-state index in [0.29, 0.717) is 5.92 Å². The van der Waals surface area contributed by atoms with E-state index < -0.39 is 0 Å². The molecule has 1 heterocycles. The SMILES string of the molecule is Cc1nc(Sc2cccc(Cl)c2CNCC(C)C)n[nH]1. The van der Waals surface area contributed by atoms with Gasteiger partial charge in [0.2, 0.25) is 5.16 Å². The fraction of sp³-hybridized carbons (Fsp3) is 0.429. The van der Waals surface area contributed by atoms with Crippen LogP contribution in [0.5, 0.6) is 0 Å². The molecule has 0 amide bonds. The molecule has 2 rings (SSSR count). The van der Waals surface area contributed by atoms with Gasteiger partial charge in [0, 0.05) is 16.5 Å². The molecule has 2 aromatic rings. The highest BCUT2D eigenvalue weighted by molar-refractivity contribution is 7.99. The summed E-state index contributed by atoms with van der Waals surface area (Å²) in [6.45, 7) is 7.98. The number of nitrogens with one attached hydrogen (secondary N) is 2. The van der Waals surface area contributed by atoms with Crippen LogP contribution >= 0.6 is 23.4 Å². The molecule has 1 aromatic heterocycles. The summed E-state index contributed by atoms with van der Waals surface area (Å²) in [6.07, 6.45) is 0. The van der Waals surface area contributed by atoms with E-state index in [-0.39, 0.29) is 0 Å². The summed E-state index contributed by atoms with van der Waals surface area (Å²) in [7, 11) is 0. The van der Waals surface area contributed by atoms with E-state index in [2.05, 4.69) is 40.4 Å². The molecule has 0 spiro atoms. The van der Waals surface area contributed by atoms with Crippen LogP contribution in [-0.2, 0) is 6.54 Å². The van der Waals surface area contributed by atoms with Crippen LogP contribution in [0, 0.1) is 12.8 Å². The largest absolute Gasteiger partial charge is 0.312 e. The summed E-state index contributed by atoms with van der Waals surface area (Å²) in [5.41, 5.74) is 1.10. The summed E-state index contributed by atoms with van der Waals surface area (Å²) in [5, 5.41) is 11.9. The molecule has 0 unspecified atom stereocenters. The average molecular weight is 311 g/mol. The zero-order chi connectivity index (χ0) is 14.5. The summed E-state index contributed by atoms with van der Waals surface area (Å²) in [4.78, 5) is 5.41. The first kappa shape index (κ1) is 15.4. The summed E-state index contributed by atoms with van der Waals surface area (Å²) in [5.74, 6) is 1.43. The number of hydrogen-bond donors (Lipinski definition) is 2. The zero-order valence-corrected chi connectivity index (χ0v) is 13.5. The monoisotopic (exact) mass is 310 g/mol. The number of aryl methyl sites for hydroxylation is 1. The number of hydrogen-bond acceptors (Lipinski definition) is 4. The molecule has 0 radical (unpaired) electrons. The lowest BCUT2D eigenvalue weighted by Gasteiger charge is -2.12. The van der Waals surface area contributed by atoms with Crippen molar-refractivity contribution in [1.29, 1.82) is 0 Å². The quantitative estimate of drug-likeness (QED) is 0.855. The second-order valence-electron chi connectivity index (χ2n) is 5.05. The van der Waals surface area contributed by atoms with Crippen molar-refractivity contribution in [3.05, 3.63) is 34.6 Å². The second kappa shape index (κ2) is 7.11. The van der Waals surface area contributed by atoms with Crippen molar-refractivity contribution in [3.8, 4) is 0 Å². The molecule has 0 atom stereocenters. The first-order chi connectivity index (χ1) is 9.56. The zero-order valence-electron chi connectivity index (χ0n) is 11.9. The maximum absolute atomic E-state index is 6.31. The molecule has 0 bridgehead atoms. The van der Waals surface area contributed by atoms with E-state index in [1.54, 1.807) is 0 Å². The lowest BCUT2D eigenvalue weighted by molar-refractivity contribution is 0.550. The van der Waals surface area contributed by atoms with Crippen molar-refractivity contribution < 1.29 is 0 Å². The van der Waals surface area contributed by atoms with Gasteiger partial charge in [0.05, 0.1) is 0 Å². The molecule has 2 N–H and O–H groups in total. The van der Waals surface area contributed by atoms with Gasteiger partial charge in [-0.3, -0.25) is 5.10 Å². The van der Waals surface area contributed by atoms with E-state index in [4.69, 9.17) is 11.6 Å². The molecule has 108 valence electrons. The van der Waals surface area contributed by atoms with Crippen molar-refractivity contribution in [1.82, 2.24) is 20.5 Å². The van der Waals surface area contributed by atoms with Gasteiger partial charge in [-0.15, -0.1) is 5.10 Å². The van der Waals surface area contributed by atoms with Crippen LogP contribution in [0.25, 0.3) is 0 Å². The van der Waals surface area contributed by atoms with Crippen LogP contribution < -0.4 is 5.32 Å². The highest BCUT2D eigenvalue weighted by Gasteiger charge is 2.11. The molecule has 6 heteroatoms. The van der Waals surface area contributed by atoms with Crippen LogP contribution in [0.1, 0.15) is 25.2 Å². The van der Waals surface area contributed by atoms with E-state index >= 15 is 0 Å². The molecule has 0 aliphatic heterocycles. The van der Waals surface area contributed by atoms with Gasteiger partial charge in [-0.25, -0.2) is 4.98 Å². The molecule has 1 aromatic carbocycles. The smallest absolute Gasteiger partial charge is 0.213 e. The van der Waals surface area contributed by atoms with E-state index in [9.17, 15) is 0 Å². The molecule has 0 aliphatic rings. The molecular weight excluding hydrogens is 292 g/mol. The van der Waals surface area contributed by atoms with Crippen molar-refractivity contribution in [2.45, 2.75) is 37.4 Å². The standard InChI is InChI=1S/C14H19ClN4S/c1-9(2)7-16-8-11-12(15)5-4-6-13(11)20-14-17-10(3)18-19-14/h4-6,9,16H,7-8H2,1-3H3,(H,17,18,19). The van der Waals surface area contributed by atoms with E-state index in [0.717, 1.165) is 39.6 Å². The van der Waals surface area contributed by atoms with Gasteiger partial charge in [-0.05, 0) is 48.8 Å². The Hall–Kier alpha value is -1.04. The summed E-state index contributed by atoms with van der Waals surface area (Å²) < 4.78 is 0. The average Bonchev–Trinajstić information content (AvgIpc) is 2.78. The third-order valence-electron chi connectivity index (χ3n) is 2.71. The topological polar surface area (TPSA) is 53.6 Å². The number of halogens is 1. The second-order valence-corrected chi connectivity index (χ2v) is 6.46. The van der Waals surface area contributed by atoms with Crippen LogP contribution in [0.15, 0.2) is 28.3 Å². The number of rotatable bonds is 6. The Bertz CT molecular complexity index is 568. The molecule has 0 saturated heterocycles. The molecule has 20 heavy (non-hydrogen) atoms. The number of aromatic amines is 1. The van der Waals surface area contributed by atoms with Crippen LogP contribution in [-0.4, -0.2) is 21.7 Å². The lowest BCUT2D eigenvalue weighted by Crippen LogP contribution is -2.19. The van der Waals surface area contributed by atoms with Crippen LogP contribution in [0.4, 0.5) is 0 Å². The Morgan fingerprint density at radius 1 is 1.40 bits per heavy atom. The first-order valence-corrected chi connectivity index (χ1v) is 7.80. The van der Waals surface area contributed by atoms with Gasteiger partial charge in [-0.2, -0.15) is 0 Å². The van der Waals surface area contributed by atoms with Crippen molar-refractivity contribution in [2.75, 3.05) is 6.54 Å². The molecular formula is C14H19ClN4S. The van der Waals surface area contributed by atoms with Gasteiger partial charge in [0.15, 0.2) is 0 Å². The molecule has 0 saturated carbocycles. The lowest BCUT2D eigenvalue weighted by atomic mass is 10.2. The first-order valence-electron chi connectivity index (χ1n) is 6.61. The molecule has 0 fully saturated rings. The molecule has 4 nitrogen and oxygen atoms in total. The number of benzene rings is 1. The fourth-order valence-corrected chi connectivity index (χ4v) is 2.98. The van der Waals surface area contributed by atoms with Gasteiger partial charge < -0.3 is 5.32 Å². The van der Waals surface area contributed by atoms with Gasteiger partial charge in [-0.1, -0.05) is 31.5 Å². The third-order valence-corrected chi connectivity index (χ3v) is 4.03. The van der Waals surface area contributed by atoms with E-state index in [1.807, 2.05) is 19.1 Å². The highest BCUT2D eigenvalue weighted by Crippen LogP contribution is 2.32. The summed E-state index contributed by atoms with van der Waals surface area (Å²) >= 11 is 7.84. The Morgan fingerprint density at radius 2 is 2.20 bits per heavy atom. The number of H-pyrrole nitrogens is 1. The molecule has 0 aliphatic carbocycles. The minimum atomic E-state index is 0.615. The predicted octanol–water partition coefficient (Wildman–Crippen LogP) is 3.66. The van der Waals surface area contributed by atoms with Gasteiger partial charge in [0.25, 0.3) is 0 Å². The van der Waals surface area contributed by atoms with E-state index in [1.165, 1.54) is 11.8 Å². The number of aromatic nitrogens is 3. The third kappa shape index (κ3) is 4.23. The van der Waals surface area contributed by atoms with Gasteiger partial charge in [0.1, 0.15) is 5.82 Å². The minimum absolute atomic E-state index is 0.615. The fourth-order valence-electron chi connectivity index (χ4n) is 1.76. The summed E-state index contributed by atoms with van der Waals surface area (Å²) in [6, 6.07) is 5.92. The number of nitrogens with zero attached hydrogens (tertiary/aromatic N) is 2.